The number of nitrogen functional groups attached to an aromatic ring is 1. The van der Waals surface area contributed by atoms with Gasteiger partial charge in [-0.25, -0.2) is 4.98 Å². The summed E-state index contributed by atoms with van der Waals surface area (Å²) in [4.78, 5) is 3.88. The van der Waals surface area contributed by atoms with Crippen LogP contribution in [0.15, 0.2) is 18.3 Å². The first-order valence-corrected chi connectivity index (χ1v) is 3.68. The Morgan fingerprint density at radius 2 is 2.33 bits per heavy atom. The maximum Gasteiger partial charge on any atom is 0.128 e. The molecule has 0 fully saturated rings. The van der Waals surface area contributed by atoms with Crippen LogP contribution in [0, 0.1) is 0 Å². The average Bonchev–Trinajstić information content (AvgIpc) is 2.05. The van der Waals surface area contributed by atoms with Crippen LogP contribution in [-0.2, 0) is 5.54 Å². The van der Waals surface area contributed by atoms with Crippen molar-refractivity contribution in [1.29, 1.82) is 0 Å². The maximum atomic E-state index is 8.96. The molecule has 66 valence electrons. The monoisotopic (exact) mass is 167 g/mol. The first-order valence-electron chi connectivity index (χ1n) is 3.68. The van der Waals surface area contributed by atoms with Crippen molar-refractivity contribution < 1.29 is 5.11 Å². The summed E-state index contributed by atoms with van der Waals surface area (Å²) < 4.78 is 0. The zero-order valence-corrected chi connectivity index (χ0v) is 6.99. The van der Waals surface area contributed by atoms with Gasteiger partial charge in [0.15, 0.2) is 0 Å². The second-order valence-corrected chi connectivity index (χ2v) is 3.01. The van der Waals surface area contributed by atoms with E-state index < -0.39 is 5.54 Å². The fourth-order valence-electron chi connectivity index (χ4n) is 0.986. The Bertz CT molecular complexity index is 273. The first-order chi connectivity index (χ1) is 5.58. The molecule has 0 amide bonds. The minimum atomic E-state index is -0.807. The van der Waals surface area contributed by atoms with E-state index in [-0.39, 0.29) is 6.61 Å². The van der Waals surface area contributed by atoms with Crippen LogP contribution in [0.25, 0.3) is 0 Å². The molecule has 0 aliphatic heterocycles. The maximum absolute atomic E-state index is 8.96. The molecule has 1 aromatic rings. The van der Waals surface area contributed by atoms with Gasteiger partial charge in [0, 0.05) is 11.8 Å². The highest BCUT2D eigenvalue weighted by Gasteiger charge is 2.22. The van der Waals surface area contributed by atoms with Gasteiger partial charge in [-0.05, 0) is 13.0 Å². The fourth-order valence-corrected chi connectivity index (χ4v) is 0.986. The van der Waals surface area contributed by atoms with Gasteiger partial charge in [-0.3, -0.25) is 0 Å². The largest absolute Gasteiger partial charge is 0.394 e. The van der Waals surface area contributed by atoms with E-state index in [4.69, 9.17) is 16.6 Å². The fraction of sp³-hybridized carbons (Fsp3) is 0.375. The number of nitrogens with two attached hydrogens (primary N) is 2. The summed E-state index contributed by atoms with van der Waals surface area (Å²) in [7, 11) is 0. The lowest BCUT2D eigenvalue weighted by atomic mass is 9.95. The van der Waals surface area contributed by atoms with Gasteiger partial charge in [0.2, 0.25) is 0 Å². The SMILES string of the molecule is CC(N)(CO)c1cccnc1N. The zero-order chi connectivity index (χ0) is 9.19. The molecule has 1 unspecified atom stereocenters. The van der Waals surface area contributed by atoms with E-state index in [1.165, 1.54) is 0 Å². The highest BCUT2D eigenvalue weighted by atomic mass is 16.3. The predicted octanol–water partition coefficient (Wildman–Crippen LogP) is -0.170. The van der Waals surface area contributed by atoms with Gasteiger partial charge in [-0.1, -0.05) is 6.07 Å². The highest BCUT2D eigenvalue weighted by molar-refractivity contribution is 5.43. The molecule has 5 N–H and O–H groups in total. The number of hydrogen-bond acceptors (Lipinski definition) is 4. The number of rotatable bonds is 2. The molecule has 0 saturated carbocycles. The normalized spacial score (nSPS) is 15.6. The first kappa shape index (κ1) is 8.96. The summed E-state index contributed by atoms with van der Waals surface area (Å²) in [5.74, 6) is 0.372. The molecule has 0 aliphatic rings. The molecule has 1 atom stereocenters. The number of anilines is 1. The Balaban J connectivity index is 3.10. The lowest BCUT2D eigenvalue weighted by Crippen LogP contribution is -2.37. The van der Waals surface area contributed by atoms with Crippen molar-refractivity contribution in [3.8, 4) is 0 Å². The van der Waals surface area contributed by atoms with Crippen LogP contribution in [-0.4, -0.2) is 16.7 Å². The van der Waals surface area contributed by atoms with Gasteiger partial charge in [-0.2, -0.15) is 0 Å². The standard InChI is InChI=1S/C8H13N3O/c1-8(10,5-12)6-3-2-4-11-7(6)9/h2-4,12H,5,10H2,1H3,(H2,9,11). The van der Waals surface area contributed by atoms with Crippen molar-refractivity contribution in [2.45, 2.75) is 12.5 Å². The van der Waals surface area contributed by atoms with Crippen molar-refractivity contribution in [3.63, 3.8) is 0 Å². The molecular formula is C8H13N3O. The summed E-state index contributed by atoms with van der Waals surface area (Å²) >= 11 is 0. The van der Waals surface area contributed by atoms with Gasteiger partial charge in [0.05, 0.1) is 12.1 Å². The number of aromatic nitrogens is 1. The Morgan fingerprint density at radius 3 is 2.83 bits per heavy atom. The van der Waals surface area contributed by atoms with Crippen LogP contribution in [0.3, 0.4) is 0 Å². The van der Waals surface area contributed by atoms with E-state index in [2.05, 4.69) is 4.98 Å². The molecule has 0 aromatic carbocycles. The smallest absolute Gasteiger partial charge is 0.128 e. The van der Waals surface area contributed by atoms with Crippen LogP contribution >= 0.6 is 0 Å². The van der Waals surface area contributed by atoms with Crippen LogP contribution in [0.1, 0.15) is 12.5 Å². The van der Waals surface area contributed by atoms with Gasteiger partial charge in [0.25, 0.3) is 0 Å². The van der Waals surface area contributed by atoms with Gasteiger partial charge in [0.1, 0.15) is 5.82 Å². The second kappa shape index (κ2) is 3.08. The molecule has 0 bridgehead atoms. The van der Waals surface area contributed by atoms with Crippen LogP contribution < -0.4 is 11.5 Å². The molecular weight excluding hydrogens is 154 g/mol. The quantitative estimate of drug-likeness (QED) is 0.571. The predicted molar refractivity (Wildman–Crippen MR) is 47.3 cm³/mol. The minimum Gasteiger partial charge on any atom is -0.394 e. The van der Waals surface area contributed by atoms with Gasteiger partial charge < -0.3 is 16.6 Å². The van der Waals surface area contributed by atoms with Gasteiger partial charge >= 0.3 is 0 Å². The number of hydrogen-bond donors (Lipinski definition) is 3. The second-order valence-electron chi connectivity index (χ2n) is 3.01. The summed E-state index contributed by atoms with van der Waals surface area (Å²) in [6, 6.07) is 3.50. The van der Waals surface area contributed by atoms with Crippen molar-refractivity contribution in [1.82, 2.24) is 4.98 Å². The number of nitrogens with zero attached hydrogens (tertiary/aromatic N) is 1. The molecule has 4 nitrogen and oxygen atoms in total. The lowest BCUT2D eigenvalue weighted by molar-refractivity contribution is 0.210. The Labute approximate surface area is 71.2 Å². The molecule has 0 radical (unpaired) electrons. The zero-order valence-electron chi connectivity index (χ0n) is 6.99. The minimum absolute atomic E-state index is 0.150. The Kier molecular flexibility index (Phi) is 2.30. The number of aliphatic hydroxyl groups excluding tert-OH is 1. The molecule has 1 aromatic heterocycles. The van der Waals surface area contributed by atoms with Crippen molar-refractivity contribution in [2.75, 3.05) is 12.3 Å². The molecule has 1 heterocycles. The molecule has 1 rings (SSSR count). The summed E-state index contributed by atoms with van der Waals surface area (Å²) in [6.45, 7) is 1.56. The van der Waals surface area contributed by atoms with E-state index in [0.29, 0.717) is 11.4 Å². The van der Waals surface area contributed by atoms with E-state index in [9.17, 15) is 0 Å². The van der Waals surface area contributed by atoms with Crippen LogP contribution in [0.2, 0.25) is 0 Å². The average molecular weight is 167 g/mol. The van der Waals surface area contributed by atoms with Gasteiger partial charge in [-0.15, -0.1) is 0 Å². The van der Waals surface area contributed by atoms with Crippen molar-refractivity contribution in [2.24, 2.45) is 5.73 Å². The third-order valence-electron chi connectivity index (χ3n) is 1.78. The van der Waals surface area contributed by atoms with Crippen LogP contribution in [0.5, 0.6) is 0 Å². The molecule has 0 aliphatic carbocycles. The third-order valence-corrected chi connectivity index (χ3v) is 1.78. The highest BCUT2D eigenvalue weighted by Crippen LogP contribution is 2.20. The molecule has 12 heavy (non-hydrogen) atoms. The van der Waals surface area contributed by atoms with Crippen molar-refractivity contribution in [3.05, 3.63) is 23.9 Å². The molecule has 0 saturated heterocycles. The number of pyridine rings is 1. The van der Waals surface area contributed by atoms with Crippen LogP contribution in [0.4, 0.5) is 5.82 Å². The summed E-state index contributed by atoms with van der Waals surface area (Å²) in [6.07, 6.45) is 1.59. The Hall–Kier alpha value is -1.13. The molecule has 4 heteroatoms. The van der Waals surface area contributed by atoms with Crippen molar-refractivity contribution >= 4 is 5.82 Å². The summed E-state index contributed by atoms with van der Waals surface area (Å²) in [5, 5.41) is 8.96. The van der Waals surface area contributed by atoms with E-state index in [0.717, 1.165) is 0 Å². The topological polar surface area (TPSA) is 85.2 Å². The van der Waals surface area contributed by atoms with E-state index >= 15 is 0 Å². The summed E-state index contributed by atoms with van der Waals surface area (Å²) in [5.41, 5.74) is 11.2. The van der Waals surface area contributed by atoms with E-state index in [1.54, 1.807) is 25.3 Å². The molecule has 0 spiro atoms. The third kappa shape index (κ3) is 1.54. The lowest BCUT2D eigenvalue weighted by Gasteiger charge is -2.22. The Morgan fingerprint density at radius 1 is 1.67 bits per heavy atom. The number of aliphatic hydroxyl groups is 1. The van der Waals surface area contributed by atoms with E-state index in [1.807, 2.05) is 0 Å².